The number of rotatable bonds is 2. The van der Waals surface area contributed by atoms with Crippen LogP contribution < -0.4 is 9.80 Å². The maximum Gasteiger partial charge on any atom is 0.265 e. The van der Waals surface area contributed by atoms with Crippen molar-refractivity contribution in [2.75, 3.05) is 9.80 Å². The van der Waals surface area contributed by atoms with Crippen LogP contribution in [0.2, 0.25) is 0 Å². The molecule has 0 atom stereocenters. The maximum atomic E-state index is 13.8. The minimum atomic E-state index is -0.274. The van der Waals surface area contributed by atoms with Crippen molar-refractivity contribution in [3.63, 3.8) is 0 Å². The Balaban J connectivity index is 1.31. The minimum Gasteiger partial charge on any atom is -0.363 e. The van der Waals surface area contributed by atoms with Gasteiger partial charge in [0.15, 0.2) is 0 Å². The lowest BCUT2D eigenvalue weighted by Gasteiger charge is -2.32. The highest BCUT2D eigenvalue weighted by atomic mass is 16.2. The van der Waals surface area contributed by atoms with E-state index in [4.69, 9.17) is 0 Å². The van der Waals surface area contributed by atoms with Crippen LogP contribution in [0.5, 0.6) is 0 Å². The van der Waals surface area contributed by atoms with Crippen molar-refractivity contribution in [3.05, 3.63) is 131 Å². The van der Waals surface area contributed by atoms with E-state index in [1.54, 1.807) is 12.1 Å². The van der Waals surface area contributed by atoms with E-state index >= 15 is 0 Å². The summed E-state index contributed by atoms with van der Waals surface area (Å²) < 4.78 is 0. The van der Waals surface area contributed by atoms with Crippen LogP contribution in [-0.2, 0) is 13.1 Å². The molecule has 0 saturated heterocycles. The van der Waals surface area contributed by atoms with Gasteiger partial charge in [-0.3, -0.25) is 9.59 Å². The molecule has 4 nitrogen and oxygen atoms in total. The van der Waals surface area contributed by atoms with Crippen LogP contribution in [0.15, 0.2) is 109 Å². The lowest BCUT2D eigenvalue weighted by Crippen LogP contribution is -2.40. The molecule has 7 aromatic rings. The fourth-order valence-electron chi connectivity index (χ4n) is 7.09. The topological polar surface area (TPSA) is 40.6 Å². The van der Waals surface area contributed by atoms with Gasteiger partial charge in [0.25, 0.3) is 11.8 Å². The second-order valence-electron chi connectivity index (χ2n) is 10.8. The number of benzene rings is 7. The molecule has 0 bridgehead atoms. The monoisotopic (exact) mass is 514 g/mol. The van der Waals surface area contributed by atoms with Crippen molar-refractivity contribution in [3.8, 4) is 0 Å². The Morgan fingerprint density at radius 1 is 0.425 bits per heavy atom. The number of nitrogens with zero attached hydrogens (tertiary/aromatic N) is 2. The third-order valence-electron chi connectivity index (χ3n) is 8.80. The molecule has 4 heteroatoms. The average molecular weight is 515 g/mol. The number of hydrogen-bond donors (Lipinski definition) is 0. The molecule has 0 aliphatic carbocycles. The molecule has 0 saturated carbocycles. The zero-order chi connectivity index (χ0) is 26.5. The molecule has 2 aliphatic heterocycles. The summed E-state index contributed by atoms with van der Waals surface area (Å²) in [6, 6.07) is 36.7. The number of carbonyl (C=O) groups excluding carboxylic acids is 2. The Kier molecular flexibility index (Phi) is 4.16. The third-order valence-corrected chi connectivity index (χ3v) is 8.80. The summed E-state index contributed by atoms with van der Waals surface area (Å²) in [4.78, 5) is 31.3. The number of anilines is 2. The van der Waals surface area contributed by atoms with E-state index in [9.17, 15) is 9.59 Å². The normalized spacial score (nSPS) is 14.8. The molecule has 188 valence electrons. The summed E-state index contributed by atoms with van der Waals surface area (Å²) in [7, 11) is 0. The van der Waals surface area contributed by atoms with Crippen LogP contribution in [0, 0.1) is 0 Å². The van der Waals surface area contributed by atoms with Crippen molar-refractivity contribution < 1.29 is 9.59 Å². The third kappa shape index (κ3) is 2.70. The predicted molar refractivity (Wildman–Crippen MR) is 162 cm³/mol. The summed E-state index contributed by atoms with van der Waals surface area (Å²) in [6.45, 7) is 1.71. The van der Waals surface area contributed by atoms with E-state index in [1.807, 2.05) is 30.3 Å². The quantitative estimate of drug-likeness (QED) is 0.133. The van der Waals surface area contributed by atoms with Crippen LogP contribution in [0.3, 0.4) is 0 Å². The van der Waals surface area contributed by atoms with E-state index in [1.165, 1.54) is 43.3 Å². The van der Waals surface area contributed by atoms with E-state index in [0.717, 1.165) is 34.6 Å². The van der Waals surface area contributed by atoms with Crippen LogP contribution in [0.1, 0.15) is 31.8 Å². The number of carbonyl (C=O) groups is 2. The number of amides is 2. The van der Waals surface area contributed by atoms with Crippen molar-refractivity contribution in [1.82, 2.24) is 0 Å². The number of hydrogen-bond acceptors (Lipinski definition) is 3. The summed E-state index contributed by atoms with van der Waals surface area (Å²) in [6.07, 6.45) is 0. The number of fused-ring (bicyclic) bond motifs is 2. The smallest absolute Gasteiger partial charge is 0.265 e. The molecule has 2 amide bonds. The van der Waals surface area contributed by atoms with Crippen LogP contribution in [-0.4, -0.2) is 11.8 Å². The second-order valence-corrected chi connectivity index (χ2v) is 10.8. The fraction of sp³-hybridized carbons (Fsp3) is 0.0556. The average Bonchev–Trinajstić information content (AvgIpc) is 3.01. The second kappa shape index (κ2) is 7.67. The highest BCUT2D eigenvalue weighted by Gasteiger charge is 2.35. The van der Waals surface area contributed by atoms with E-state index in [-0.39, 0.29) is 11.8 Å². The first-order valence-corrected chi connectivity index (χ1v) is 13.6. The molecule has 0 N–H and O–H groups in total. The van der Waals surface area contributed by atoms with Gasteiger partial charge >= 0.3 is 0 Å². The molecule has 2 heterocycles. The predicted octanol–water partition coefficient (Wildman–Crippen LogP) is 8.06. The van der Waals surface area contributed by atoms with Gasteiger partial charge in [0.1, 0.15) is 0 Å². The molecular formula is C36H22N2O2. The lowest BCUT2D eigenvalue weighted by molar-refractivity contribution is 0.0893. The van der Waals surface area contributed by atoms with Crippen LogP contribution in [0.25, 0.3) is 43.1 Å². The van der Waals surface area contributed by atoms with Crippen molar-refractivity contribution in [1.29, 1.82) is 0 Å². The number of imide groups is 1. The fourth-order valence-corrected chi connectivity index (χ4v) is 7.09. The lowest BCUT2D eigenvalue weighted by atomic mass is 9.82. The standard InChI is InChI=1S/C36H22N2O2/c39-35-29-17-15-27-25-13-11-21-19-37(23-7-3-1-4-8-23)20-22-12-14-26(32(25)31(21)22)28-16-18-30(34(29)33(27)28)36(40)38(35)24-9-5-2-6-10-24/h1-18H,19-20H2. The first kappa shape index (κ1) is 21.7. The zero-order valence-corrected chi connectivity index (χ0v) is 21.5. The van der Waals surface area contributed by atoms with Crippen LogP contribution >= 0.6 is 0 Å². The molecule has 7 aromatic carbocycles. The largest absolute Gasteiger partial charge is 0.363 e. The highest BCUT2D eigenvalue weighted by molar-refractivity contribution is 6.42. The van der Waals surface area contributed by atoms with Gasteiger partial charge in [-0.25, -0.2) is 4.90 Å². The minimum absolute atomic E-state index is 0.274. The van der Waals surface area contributed by atoms with E-state index in [2.05, 4.69) is 71.6 Å². The van der Waals surface area contributed by atoms with Crippen molar-refractivity contribution in [2.45, 2.75) is 13.1 Å². The highest BCUT2D eigenvalue weighted by Crippen LogP contribution is 2.46. The van der Waals surface area contributed by atoms with Gasteiger partial charge in [-0.1, -0.05) is 72.8 Å². The molecule has 9 rings (SSSR count). The first-order valence-electron chi connectivity index (χ1n) is 13.6. The van der Waals surface area contributed by atoms with E-state index < -0.39 is 0 Å². The summed E-state index contributed by atoms with van der Waals surface area (Å²) in [5.41, 5.74) is 5.61. The molecule has 0 fully saturated rings. The Morgan fingerprint density at radius 3 is 1.40 bits per heavy atom. The molecule has 0 unspecified atom stereocenters. The van der Waals surface area contributed by atoms with Gasteiger partial charge in [0.2, 0.25) is 0 Å². The van der Waals surface area contributed by atoms with Crippen molar-refractivity contribution >= 4 is 66.3 Å². The number of para-hydroxylation sites is 2. The molecule has 0 radical (unpaired) electrons. The van der Waals surface area contributed by atoms with Crippen molar-refractivity contribution in [2.24, 2.45) is 0 Å². The summed E-state index contributed by atoms with van der Waals surface area (Å²) >= 11 is 0. The SMILES string of the molecule is O=C1c2ccc3c4ccc5c6c(ccc(c7ccc(c2c37)C(=O)N1c1ccccc1)c64)CN(c1ccccc1)C5. The zero-order valence-electron chi connectivity index (χ0n) is 21.5. The van der Waals surface area contributed by atoms with Crippen LogP contribution in [0.4, 0.5) is 11.4 Å². The summed E-state index contributed by atoms with van der Waals surface area (Å²) in [5, 5.41) is 8.90. The Morgan fingerprint density at radius 2 is 0.875 bits per heavy atom. The Labute approximate surface area is 230 Å². The molecular weight excluding hydrogens is 492 g/mol. The first-order chi connectivity index (χ1) is 19.7. The van der Waals surface area contributed by atoms with Gasteiger partial charge < -0.3 is 4.90 Å². The van der Waals surface area contributed by atoms with Gasteiger partial charge in [0, 0.05) is 35.3 Å². The van der Waals surface area contributed by atoms with Gasteiger partial charge in [-0.15, -0.1) is 0 Å². The molecule has 2 aliphatic rings. The van der Waals surface area contributed by atoms with E-state index in [0.29, 0.717) is 16.8 Å². The van der Waals surface area contributed by atoms with Gasteiger partial charge in [-0.2, -0.15) is 0 Å². The Bertz CT molecular complexity index is 2090. The van der Waals surface area contributed by atoms with Gasteiger partial charge in [0.05, 0.1) is 5.69 Å². The molecule has 40 heavy (non-hydrogen) atoms. The molecule has 0 aromatic heterocycles. The van der Waals surface area contributed by atoms with Gasteiger partial charge in [-0.05, 0) is 85.2 Å². The summed E-state index contributed by atoms with van der Waals surface area (Å²) in [5.74, 6) is -0.547. The molecule has 0 spiro atoms. The Hall–Kier alpha value is -5.22. The maximum absolute atomic E-state index is 13.8.